The third-order valence-corrected chi connectivity index (χ3v) is 7.80. The molecule has 2 bridgehead atoms. The molecular formula is C26H26F3N5O5S. The van der Waals surface area contributed by atoms with E-state index in [-0.39, 0.29) is 31.5 Å². The lowest BCUT2D eigenvalue weighted by Crippen LogP contribution is -2.47. The van der Waals surface area contributed by atoms with Crippen LogP contribution in [-0.4, -0.2) is 68.4 Å². The number of aromatic nitrogens is 3. The second-order valence-corrected chi connectivity index (χ2v) is 11.2. The number of benzene rings is 1. The first-order valence-electron chi connectivity index (χ1n) is 12.4. The zero-order valence-corrected chi connectivity index (χ0v) is 22.4. The van der Waals surface area contributed by atoms with Crippen molar-refractivity contribution in [1.29, 1.82) is 0 Å². The number of morpholine rings is 1. The number of carboxylic acid groups (broad SMARTS) is 1. The Bertz CT molecular complexity index is 1420. The van der Waals surface area contributed by atoms with E-state index in [1.165, 1.54) is 16.2 Å². The van der Waals surface area contributed by atoms with Crippen LogP contribution in [0.4, 0.5) is 18.0 Å². The lowest BCUT2D eigenvalue weighted by molar-refractivity contribution is -0.145. The Morgan fingerprint density at radius 2 is 2.00 bits per heavy atom. The molecule has 2 fully saturated rings. The van der Waals surface area contributed by atoms with Crippen LogP contribution in [0, 0.1) is 6.92 Å². The number of amides is 2. The fourth-order valence-corrected chi connectivity index (χ4v) is 5.63. The molecule has 2 amide bonds. The standard InChI is InChI=1S/C26H26F3N5O5S/c1-14-8-30-22(40-14)17-3-16(5-21(35)33-15(2)18-9-31-23(32-10-18)26(27,28)29)4-20(6-17)38-13-25-7-19(11-39-25)34(12-25)24(36)37/h3-4,6,8-10,15,19H,5,7,11-13H2,1-2H3,(H,33,35)(H,36,37)/t15-,19?,25?/m1/s1. The quantitative estimate of drug-likeness (QED) is 0.407. The van der Waals surface area contributed by atoms with Gasteiger partial charge in [0.25, 0.3) is 0 Å². The molecule has 10 nitrogen and oxygen atoms in total. The smallest absolute Gasteiger partial charge is 0.451 e. The van der Waals surface area contributed by atoms with Crippen molar-refractivity contribution in [2.75, 3.05) is 19.8 Å². The number of nitrogens with one attached hydrogen (secondary N) is 1. The first-order valence-corrected chi connectivity index (χ1v) is 13.2. The van der Waals surface area contributed by atoms with Gasteiger partial charge < -0.3 is 19.9 Å². The van der Waals surface area contributed by atoms with E-state index in [2.05, 4.69) is 20.3 Å². The topological polar surface area (TPSA) is 127 Å². The van der Waals surface area contributed by atoms with Gasteiger partial charge in [0.15, 0.2) is 0 Å². The number of carbonyl (C=O) groups is 2. The molecule has 3 atom stereocenters. The minimum absolute atomic E-state index is 0.0309. The van der Waals surface area contributed by atoms with Crippen LogP contribution < -0.4 is 10.1 Å². The zero-order chi connectivity index (χ0) is 28.7. The molecule has 2 saturated heterocycles. The summed E-state index contributed by atoms with van der Waals surface area (Å²) in [5, 5.41) is 12.9. The summed E-state index contributed by atoms with van der Waals surface area (Å²) in [4.78, 5) is 37.9. The van der Waals surface area contributed by atoms with Crippen LogP contribution in [-0.2, 0) is 22.1 Å². The Hall–Kier alpha value is -3.78. The van der Waals surface area contributed by atoms with E-state index >= 15 is 0 Å². The van der Waals surface area contributed by atoms with Crippen LogP contribution in [0.15, 0.2) is 36.8 Å². The number of alkyl halides is 3. The van der Waals surface area contributed by atoms with Crippen LogP contribution in [0.1, 0.15) is 41.2 Å². The number of ether oxygens (including phenoxy) is 2. The van der Waals surface area contributed by atoms with E-state index in [4.69, 9.17) is 9.47 Å². The summed E-state index contributed by atoms with van der Waals surface area (Å²) in [5.74, 6) is -1.13. The van der Waals surface area contributed by atoms with Gasteiger partial charge in [-0.15, -0.1) is 11.3 Å². The van der Waals surface area contributed by atoms with Gasteiger partial charge in [-0.1, -0.05) is 0 Å². The number of nitrogens with zero attached hydrogens (tertiary/aromatic N) is 4. The number of carbonyl (C=O) groups excluding carboxylic acids is 1. The number of thiazole rings is 1. The monoisotopic (exact) mass is 577 g/mol. The molecular weight excluding hydrogens is 551 g/mol. The van der Waals surface area contributed by atoms with Crippen molar-refractivity contribution in [3.8, 4) is 16.3 Å². The molecule has 2 aromatic heterocycles. The van der Waals surface area contributed by atoms with Gasteiger partial charge >= 0.3 is 12.3 Å². The number of rotatable bonds is 8. The van der Waals surface area contributed by atoms with Crippen molar-refractivity contribution in [3.05, 3.63) is 58.6 Å². The van der Waals surface area contributed by atoms with E-state index in [0.717, 1.165) is 27.8 Å². The number of halogens is 3. The van der Waals surface area contributed by atoms with Crippen molar-refractivity contribution < 1.29 is 37.3 Å². The largest absolute Gasteiger partial charge is 0.490 e. The highest BCUT2D eigenvalue weighted by atomic mass is 32.1. The molecule has 1 aromatic carbocycles. The van der Waals surface area contributed by atoms with E-state index in [1.54, 1.807) is 19.2 Å². The molecule has 0 spiro atoms. The maximum atomic E-state index is 12.9. The molecule has 2 unspecified atom stereocenters. The SMILES string of the molecule is Cc1cnc(-c2cc(CC(=O)N[C@H](C)c3cnc(C(F)(F)F)nc3)cc(OCC34CC(CO3)N(C(=O)O)C4)c2)s1. The van der Waals surface area contributed by atoms with Crippen LogP contribution in [0.25, 0.3) is 10.6 Å². The Morgan fingerprint density at radius 3 is 2.62 bits per heavy atom. The summed E-state index contributed by atoms with van der Waals surface area (Å²) in [5.41, 5.74) is 0.991. The summed E-state index contributed by atoms with van der Waals surface area (Å²) < 4.78 is 50.3. The summed E-state index contributed by atoms with van der Waals surface area (Å²) in [6.45, 7) is 4.25. The minimum atomic E-state index is -4.65. The normalized spacial score (nSPS) is 20.9. The molecule has 212 valence electrons. The van der Waals surface area contributed by atoms with Gasteiger partial charge in [-0.05, 0) is 37.6 Å². The van der Waals surface area contributed by atoms with E-state index in [0.29, 0.717) is 29.9 Å². The summed E-state index contributed by atoms with van der Waals surface area (Å²) in [6.07, 6.45) is -1.28. The minimum Gasteiger partial charge on any atom is -0.490 e. The molecule has 5 rings (SSSR count). The maximum absolute atomic E-state index is 12.9. The molecule has 2 N–H and O–H groups in total. The van der Waals surface area contributed by atoms with Crippen molar-refractivity contribution >= 4 is 23.3 Å². The predicted molar refractivity (Wildman–Crippen MR) is 137 cm³/mol. The molecule has 4 heterocycles. The van der Waals surface area contributed by atoms with E-state index in [1.807, 2.05) is 19.1 Å². The van der Waals surface area contributed by atoms with Gasteiger partial charge in [-0.3, -0.25) is 9.69 Å². The number of fused-ring (bicyclic) bond motifs is 2. The molecule has 0 radical (unpaired) electrons. The lowest BCUT2D eigenvalue weighted by atomic mass is 10.0. The molecule has 0 aliphatic carbocycles. The highest BCUT2D eigenvalue weighted by Gasteiger charge is 2.53. The van der Waals surface area contributed by atoms with E-state index in [9.17, 15) is 27.9 Å². The van der Waals surface area contributed by atoms with Crippen LogP contribution in [0.2, 0.25) is 0 Å². The zero-order valence-electron chi connectivity index (χ0n) is 21.6. The van der Waals surface area contributed by atoms with Crippen molar-refractivity contribution in [3.63, 3.8) is 0 Å². The van der Waals surface area contributed by atoms with Gasteiger partial charge in [-0.2, -0.15) is 13.2 Å². The molecule has 40 heavy (non-hydrogen) atoms. The fourth-order valence-electron chi connectivity index (χ4n) is 4.88. The Morgan fingerprint density at radius 1 is 1.25 bits per heavy atom. The average Bonchev–Trinajstić information content (AvgIpc) is 3.62. The van der Waals surface area contributed by atoms with Gasteiger partial charge in [0.2, 0.25) is 11.7 Å². The molecule has 0 saturated carbocycles. The lowest BCUT2D eigenvalue weighted by Gasteiger charge is -2.31. The van der Waals surface area contributed by atoms with Gasteiger partial charge in [-0.25, -0.2) is 19.7 Å². The summed E-state index contributed by atoms with van der Waals surface area (Å²) in [6, 6.07) is 4.55. The highest BCUT2D eigenvalue weighted by Crippen LogP contribution is 2.38. The van der Waals surface area contributed by atoms with Crippen LogP contribution in [0.5, 0.6) is 5.75 Å². The van der Waals surface area contributed by atoms with E-state index < -0.39 is 29.7 Å². The number of hydrogen-bond acceptors (Lipinski definition) is 8. The Labute approximate surface area is 231 Å². The van der Waals surface area contributed by atoms with Crippen LogP contribution >= 0.6 is 11.3 Å². The summed E-state index contributed by atoms with van der Waals surface area (Å²) >= 11 is 1.49. The maximum Gasteiger partial charge on any atom is 0.451 e. The van der Waals surface area contributed by atoms with Crippen molar-refractivity contribution in [1.82, 2.24) is 25.2 Å². The molecule has 14 heteroatoms. The molecule has 2 aliphatic heterocycles. The second-order valence-electron chi connectivity index (χ2n) is 10.00. The predicted octanol–water partition coefficient (Wildman–Crippen LogP) is 4.25. The van der Waals surface area contributed by atoms with Gasteiger partial charge in [0.1, 0.15) is 23.0 Å². The first kappa shape index (κ1) is 27.8. The average molecular weight is 578 g/mol. The third kappa shape index (κ3) is 6.02. The molecule has 3 aromatic rings. The summed E-state index contributed by atoms with van der Waals surface area (Å²) in [7, 11) is 0. The molecule has 2 aliphatic rings. The van der Waals surface area contributed by atoms with Crippen molar-refractivity contribution in [2.45, 2.75) is 50.6 Å². The van der Waals surface area contributed by atoms with Crippen molar-refractivity contribution in [2.24, 2.45) is 0 Å². The number of hydrogen-bond donors (Lipinski definition) is 2. The fraction of sp³-hybridized carbons (Fsp3) is 0.423. The number of likely N-dealkylation sites (tertiary alicyclic amines) is 1. The Kier molecular flexibility index (Phi) is 7.40. The number of aryl methyl sites for hydroxylation is 1. The Balaban J connectivity index is 1.30. The second kappa shape index (κ2) is 10.7. The first-order chi connectivity index (χ1) is 18.9. The van der Waals surface area contributed by atoms with Gasteiger partial charge in [0.05, 0.1) is 31.7 Å². The van der Waals surface area contributed by atoms with Gasteiger partial charge in [0, 0.05) is 41.0 Å². The van der Waals surface area contributed by atoms with Crippen LogP contribution in [0.3, 0.4) is 0 Å². The third-order valence-electron chi connectivity index (χ3n) is 6.84. The highest BCUT2D eigenvalue weighted by molar-refractivity contribution is 7.14.